The van der Waals surface area contributed by atoms with Crippen LogP contribution in [0.25, 0.3) is 0 Å². The summed E-state index contributed by atoms with van der Waals surface area (Å²) in [7, 11) is 3.80. The first-order valence-corrected chi connectivity index (χ1v) is 6.18. The highest BCUT2D eigenvalue weighted by Gasteiger charge is 2.28. The molecular formula is C14H21NO2. The monoisotopic (exact) mass is 235 g/mol. The largest absolute Gasteiger partial charge is 0.497 e. The van der Waals surface area contributed by atoms with Crippen molar-refractivity contribution in [3.05, 3.63) is 29.8 Å². The van der Waals surface area contributed by atoms with E-state index in [0.717, 1.165) is 25.3 Å². The molecule has 1 aromatic carbocycles. The standard InChI is InChI=1S/C14H21NO2/c1-15-8-7-14(12(9-15)10-16)11-3-5-13(17-2)6-4-11/h3-6,12,14,16H,7-10H2,1-2H3/t12-,14-/m0/s1. The molecule has 1 aliphatic heterocycles. The maximum Gasteiger partial charge on any atom is 0.118 e. The van der Waals surface area contributed by atoms with Crippen LogP contribution in [0.1, 0.15) is 17.9 Å². The fourth-order valence-electron chi connectivity index (χ4n) is 2.69. The first kappa shape index (κ1) is 12.4. The van der Waals surface area contributed by atoms with Crippen LogP contribution in [0.2, 0.25) is 0 Å². The van der Waals surface area contributed by atoms with E-state index in [1.807, 2.05) is 12.1 Å². The topological polar surface area (TPSA) is 32.7 Å². The van der Waals surface area contributed by atoms with Gasteiger partial charge in [-0.05, 0) is 43.6 Å². The Hall–Kier alpha value is -1.06. The van der Waals surface area contributed by atoms with Crippen molar-refractivity contribution in [1.29, 1.82) is 0 Å². The summed E-state index contributed by atoms with van der Waals surface area (Å²) in [6.07, 6.45) is 1.12. The zero-order chi connectivity index (χ0) is 12.3. The van der Waals surface area contributed by atoms with Crippen molar-refractivity contribution in [3.8, 4) is 5.75 Å². The predicted octanol–water partition coefficient (Wildman–Crippen LogP) is 1.72. The van der Waals surface area contributed by atoms with Crippen LogP contribution in [-0.4, -0.2) is 43.9 Å². The van der Waals surface area contributed by atoms with Gasteiger partial charge in [0, 0.05) is 19.1 Å². The Bertz CT molecular complexity index is 350. The van der Waals surface area contributed by atoms with Crippen LogP contribution in [0.15, 0.2) is 24.3 Å². The molecule has 0 spiro atoms. The van der Waals surface area contributed by atoms with Gasteiger partial charge in [0.25, 0.3) is 0 Å². The van der Waals surface area contributed by atoms with Gasteiger partial charge in [0.1, 0.15) is 5.75 Å². The maximum absolute atomic E-state index is 9.49. The van der Waals surface area contributed by atoms with E-state index in [9.17, 15) is 5.11 Å². The van der Waals surface area contributed by atoms with Crippen molar-refractivity contribution in [2.45, 2.75) is 12.3 Å². The minimum absolute atomic E-state index is 0.265. The number of aliphatic hydroxyl groups excluding tert-OH is 1. The van der Waals surface area contributed by atoms with Crippen LogP contribution in [0.5, 0.6) is 5.75 Å². The van der Waals surface area contributed by atoms with Crippen molar-refractivity contribution in [1.82, 2.24) is 4.90 Å². The third kappa shape index (κ3) is 2.79. The first-order valence-electron chi connectivity index (χ1n) is 6.18. The van der Waals surface area contributed by atoms with E-state index in [1.54, 1.807) is 7.11 Å². The number of aliphatic hydroxyl groups is 1. The van der Waals surface area contributed by atoms with E-state index in [4.69, 9.17) is 4.74 Å². The number of nitrogens with zero attached hydrogens (tertiary/aromatic N) is 1. The van der Waals surface area contributed by atoms with Crippen LogP contribution in [0.4, 0.5) is 0 Å². The second kappa shape index (κ2) is 5.52. The summed E-state index contributed by atoms with van der Waals surface area (Å²) in [6.45, 7) is 2.35. The van der Waals surface area contributed by atoms with Crippen LogP contribution in [0, 0.1) is 5.92 Å². The molecule has 0 bridgehead atoms. The molecule has 0 saturated carbocycles. The second-order valence-electron chi connectivity index (χ2n) is 4.87. The van der Waals surface area contributed by atoms with Gasteiger partial charge in [-0.15, -0.1) is 0 Å². The average molecular weight is 235 g/mol. The van der Waals surface area contributed by atoms with Gasteiger partial charge in [-0.25, -0.2) is 0 Å². The maximum atomic E-state index is 9.49. The fraction of sp³-hybridized carbons (Fsp3) is 0.571. The summed E-state index contributed by atoms with van der Waals surface area (Å²) in [4.78, 5) is 2.29. The molecule has 3 heteroatoms. The lowest BCUT2D eigenvalue weighted by atomic mass is 9.81. The Morgan fingerprint density at radius 1 is 1.35 bits per heavy atom. The number of benzene rings is 1. The van der Waals surface area contributed by atoms with E-state index in [2.05, 4.69) is 24.1 Å². The van der Waals surface area contributed by atoms with Crippen LogP contribution in [0.3, 0.4) is 0 Å². The molecule has 1 fully saturated rings. The predicted molar refractivity (Wildman–Crippen MR) is 68.4 cm³/mol. The summed E-state index contributed by atoms with van der Waals surface area (Å²) >= 11 is 0. The van der Waals surface area contributed by atoms with Crippen molar-refractivity contribution < 1.29 is 9.84 Å². The summed E-state index contributed by atoms with van der Waals surface area (Å²) in [5.74, 6) is 1.71. The lowest BCUT2D eigenvalue weighted by Gasteiger charge is -2.36. The Morgan fingerprint density at radius 3 is 2.65 bits per heavy atom. The van der Waals surface area contributed by atoms with Gasteiger partial charge >= 0.3 is 0 Å². The molecule has 0 amide bonds. The Morgan fingerprint density at radius 2 is 2.06 bits per heavy atom. The Balaban J connectivity index is 2.13. The average Bonchev–Trinajstić information content (AvgIpc) is 2.39. The smallest absolute Gasteiger partial charge is 0.118 e. The van der Waals surface area contributed by atoms with E-state index in [-0.39, 0.29) is 6.61 Å². The van der Waals surface area contributed by atoms with Crippen LogP contribution >= 0.6 is 0 Å². The Kier molecular flexibility index (Phi) is 4.02. The summed E-state index contributed by atoms with van der Waals surface area (Å²) < 4.78 is 5.17. The third-order valence-corrected chi connectivity index (χ3v) is 3.72. The van der Waals surface area contributed by atoms with E-state index in [0.29, 0.717) is 11.8 Å². The number of hydrogen-bond acceptors (Lipinski definition) is 3. The van der Waals surface area contributed by atoms with Gasteiger partial charge in [0.15, 0.2) is 0 Å². The first-order chi connectivity index (χ1) is 8.24. The van der Waals surface area contributed by atoms with Gasteiger partial charge in [0.05, 0.1) is 7.11 Å². The van der Waals surface area contributed by atoms with E-state index >= 15 is 0 Å². The molecular weight excluding hydrogens is 214 g/mol. The zero-order valence-electron chi connectivity index (χ0n) is 10.6. The zero-order valence-corrected chi connectivity index (χ0v) is 10.6. The van der Waals surface area contributed by atoms with Crippen LogP contribution in [-0.2, 0) is 0 Å². The van der Waals surface area contributed by atoms with Crippen molar-refractivity contribution in [2.75, 3.05) is 33.9 Å². The summed E-state index contributed by atoms with van der Waals surface area (Å²) in [5.41, 5.74) is 1.32. The second-order valence-corrected chi connectivity index (χ2v) is 4.87. The summed E-state index contributed by atoms with van der Waals surface area (Å²) in [6, 6.07) is 8.25. The van der Waals surface area contributed by atoms with Crippen molar-refractivity contribution in [2.24, 2.45) is 5.92 Å². The normalized spacial score (nSPS) is 25.8. The van der Waals surface area contributed by atoms with Crippen LogP contribution < -0.4 is 4.74 Å². The molecule has 2 atom stereocenters. The molecule has 94 valence electrons. The lowest BCUT2D eigenvalue weighted by Crippen LogP contribution is -2.38. The lowest BCUT2D eigenvalue weighted by molar-refractivity contribution is 0.118. The van der Waals surface area contributed by atoms with Crippen molar-refractivity contribution >= 4 is 0 Å². The molecule has 1 aromatic rings. The number of piperidine rings is 1. The van der Waals surface area contributed by atoms with Gasteiger partial charge < -0.3 is 14.7 Å². The molecule has 0 unspecified atom stereocenters. The number of hydrogen-bond donors (Lipinski definition) is 1. The molecule has 1 saturated heterocycles. The number of methoxy groups -OCH3 is 1. The molecule has 1 heterocycles. The van der Waals surface area contributed by atoms with Gasteiger partial charge in [-0.2, -0.15) is 0 Å². The minimum atomic E-state index is 0.265. The van der Waals surface area contributed by atoms with Gasteiger partial charge in [-0.1, -0.05) is 12.1 Å². The highest BCUT2D eigenvalue weighted by molar-refractivity contribution is 5.30. The summed E-state index contributed by atoms with van der Waals surface area (Å²) in [5, 5.41) is 9.49. The molecule has 0 aromatic heterocycles. The molecule has 2 rings (SSSR count). The molecule has 17 heavy (non-hydrogen) atoms. The highest BCUT2D eigenvalue weighted by atomic mass is 16.5. The third-order valence-electron chi connectivity index (χ3n) is 3.72. The SMILES string of the molecule is COc1ccc([C@@H]2CCN(C)C[C@H]2CO)cc1. The number of ether oxygens (including phenoxy) is 1. The molecule has 3 nitrogen and oxygen atoms in total. The highest BCUT2D eigenvalue weighted by Crippen LogP contribution is 2.33. The minimum Gasteiger partial charge on any atom is -0.497 e. The van der Waals surface area contributed by atoms with Crippen molar-refractivity contribution in [3.63, 3.8) is 0 Å². The molecule has 1 aliphatic rings. The van der Waals surface area contributed by atoms with E-state index in [1.165, 1.54) is 5.56 Å². The molecule has 0 radical (unpaired) electrons. The van der Waals surface area contributed by atoms with Gasteiger partial charge in [0.2, 0.25) is 0 Å². The Labute approximate surface area is 103 Å². The fourth-order valence-corrected chi connectivity index (χ4v) is 2.69. The molecule has 0 aliphatic carbocycles. The number of likely N-dealkylation sites (tertiary alicyclic amines) is 1. The quantitative estimate of drug-likeness (QED) is 0.866. The van der Waals surface area contributed by atoms with E-state index < -0.39 is 0 Å². The number of rotatable bonds is 3. The molecule has 1 N–H and O–H groups in total. The van der Waals surface area contributed by atoms with Gasteiger partial charge in [-0.3, -0.25) is 0 Å².